The minimum Gasteiger partial charge on any atom is -0.550 e. The minimum absolute atomic E-state index is 0.0793. The van der Waals surface area contributed by atoms with Crippen molar-refractivity contribution < 1.29 is 14.7 Å². The molecule has 0 saturated carbocycles. The Morgan fingerprint density at radius 2 is 2.05 bits per heavy atom. The third kappa shape index (κ3) is 4.54. The van der Waals surface area contributed by atoms with Crippen LogP contribution in [-0.4, -0.2) is 27.6 Å². The van der Waals surface area contributed by atoms with Gasteiger partial charge in [-0.1, -0.05) is 66.5 Å². The van der Waals surface area contributed by atoms with E-state index >= 15 is 0 Å². The van der Waals surface area contributed by atoms with Crippen molar-refractivity contribution in [3.63, 3.8) is 0 Å². The molecule has 1 fully saturated rings. The van der Waals surface area contributed by atoms with Gasteiger partial charge in [-0.15, -0.1) is 0 Å². The van der Waals surface area contributed by atoms with Crippen molar-refractivity contribution in [1.29, 1.82) is 0 Å². The van der Waals surface area contributed by atoms with Crippen molar-refractivity contribution >= 4 is 46.3 Å². The van der Waals surface area contributed by atoms with E-state index in [4.69, 9.17) is 12.2 Å². The van der Waals surface area contributed by atoms with Crippen molar-refractivity contribution in [1.82, 2.24) is 4.90 Å². The first-order valence-electron chi connectivity index (χ1n) is 6.75. The molecule has 2 rings (SSSR count). The lowest BCUT2D eigenvalue weighted by Gasteiger charge is -2.14. The summed E-state index contributed by atoms with van der Waals surface area (Å²) < 4.78 is 0.461. The minimum atomic E-state index is -1.12. The molecule has 1 aliphatic rings. The predicted molar refractivity (Wildman–Crippen MR) is 89.7 cm³/mol. The van der Waals surface area contributed by atoms with Crippen LogP contribution in [-0.2, 0) is 9.59 Å². The fraction of sp³-hybridized carbons (Fsp3) is 0.188. The van der Waals surface area contributed by atoms with Gasteiger partial charge < -0.3 is 9.90 Å². The molecular weight excluding hydrogens is 318 g/mol. The van der Waals surface area contributed by atoms with Gasteiger partial charge >= 0.3 is 0 Å². The van der Waals surface area contributed by atoms with E-state index in [2.05, 4.69) is 0 Å². The van der Waals surface area contributed by atoms with Gasteiger partial charge in [0.1, 0.15) is 4.32 Å². The number of benzene rings is 1. The Bertz CT molecular complexity index is 638. The molecule has 0 radical (unpaired) electrons. The van der Waals surface area contributed by atoms with Gasteiger partial charge in [-0.25, -0.2) is 0 Å². The van der Waals surface area contributed by atoms with Gasteiger partial charge in [0.05, 0.1) is 4.91 Å². The van der Waals surface area contributed by atoms with Crippen molar-refractivity contribution in [3.8, 4) is 0 Å². The van der Waals surface area contributed by atoms with Gasteiger partial charge in [0.25, 0.3) is 5.91 Å². The number of carbonyl (C=O) groups is 2. The summed E-state index contributed by atoms with van der Waals surface area (Å²) in [7, 11) is 0. The van der Waals surface area contributed by atoms with Crippen LogP contribution in [0.15, 0.2) is 47.4 Å². The zero-order valence-corrected chi connectivity index (χ0v) is 13.4. The monoisotopic (exact) mass is 332 g/mol. The zero-order valence-electron chi connectivity index (χ0n) is 11.7. The number of allylic oxidation sites excluding steroid dienone is 2. The van der Waals surface area contributed by atoms with Crippen LogP contribution in [0.25, 0.3) is 6.08 Å². The average Bonchev–Trinajstić information content (AvgIpc) is 2.76. The highest BCUT2D eigenvalue weighted by Gasteiger charge is 2.30. The summed E-state index contributed by atoms with van der Waals surface area (Å²) in [4.78, 5) is 24.6. The Labute approximate surface area is 138 Å². The molecular formula is C16H14NO3S2-. The van der Waals surface area contributed by atoms with Crippen molar-refractivity contribution in [3.05, 3.63) is 53.0 Å². The van der Waals surface area contributed by atoms with Crippen LogP contribution >= 0.6 is 24.0 Å². The first-order valence-corrected chi connectivity index (χ1v) is 7.97. The third-order valence-corrected chi connectivity index (χ3v) is 4.37. The van der Waals surface area contributed by atoms with E-state index in [1.54, 1.807) is 6.08 Å². The molecule has 1 aromatic rings. The second-order valence-corrected chi connectivity index (χ2v) is 6.28. The summed E-state index contributed by atoms with van der Waals surface area (Å²) in [5.41, 5.74) is 1.04. The molecule has 0 bridgehead atoms. The molecule has 0 aromatic heterocycles. The Kier molecular flexibility index (Phi) is 5.91. The van der Waals surface area contributed by atoms with E-state index in [-0.39, 0.29) is 12.3 Å². The Morgan fingerprint density at radius 1 is 1.32 bits per heavy atom. The SMILES string of the molecule is O=C([O-])CCCN1C(=O)/C(=C/C=C/c2ccccc2)SC1=S. The van der Waals surface area contributed by atoms with Crippen LogP contribution < -0.4 is 5.11 Å². The van der Waals surface area contributed by atoms with Gasteiger partial charge in [0.2, 0.25) is 0 Å². The Hall–Kier alpha value is -1.92. The lowest BCUT2D eigenvalue weighted by Crippen LogP contribution is -2.30. The summed E-state index contributed by atoms with van der Waals surface area (Å²) in [5.74, 6) is -1.29. The van der Waals surface area contributed by atoms with Crippen LogP contribution in [0, 0.1) is 0 Å². The second-order valence-electron chi connectivity index (χ2n) is 4.60. The van der Waals surface area contributed by atoms with Crippen molar-refractivity contribution in [2.75, 3.05) is 6.54 Å². The molecule has 6 heteroatoms. The van der Waals surface area contributed by atoms with E-state index in [0.717, 1.165) is 5.56 Å². The molecule has 4 nitrogen and oxygen atoms in total. The highest BCUT2D eigenvalue weighted by atomic mass is 32.2. The zero-order chi connectivity index (χ0) is 15.9. The average molecular weight is 332 g/mol. The van der Waals surface area contributed by atoms with Gasteiger partial charge in [-0.2, -0.15) is 0 Å². The van der Waals surface area contributed by atoms with Crippen molar-refractivity contribution in [2.45, 2.75) is 12.8 Å². The number of hydrogen-bond donors (Lipinski definition) is 0. The van der Waals surface area contributed by atoms with Crippen LogP contribution in [0.4, 0.5) is 0 Å². The van der Waals surface area contributed by atoms with Gasteiger partial charge in [0, 0.05) is 12.5 Å². The summed E-state index contributed by atoms with van der Waals surface area (Å²) in [6.07, 6.45) is 5.70. The highest BCUT2D eigenvalue weighted by Crippen LogP contribution is 2.31. The second kappa shape index (κ2) is 7.91. The number of thioether (sulfide) groups is 1. The smallest absolute Gasteiger partial charge is 0.266 e. The molecule has 0 unspecified atom stereocenters. The van der Waals surface area contributed by atoms with E-state index in [0.29, 0.717) is 22.2 Å². The third-order valence-electron chi connectivity index (χ3n) is 2.97. The molecule has 1 aromatic carbocycles. The first kappa shape index (κ1) is 16.5. The standard InChI is InChI=1S/C16H15NO3S2/c18-14(19)10-5-11-17-15(20)13(22-16(17)21)9-4-8-12-6-2-1-3-7-12/h1-4,6-9H,5,10-11H2,(H,18,19)/p-1/b8-4+,13-9-. The number of hydrogen-bond acceptors (Lipinski definition) is 5. The van der Waals surface area contributed by atoms with E-state index in [9.17, 15) is 14.7 Å². The summed E-state index contributed by atoms with van der Waals surface area (Å²) in [6, 6.07) is 9.76. The molecule has 22 heavy (non-hydrogen) atoms. The van der Waals surface area contributed by atoms with Crippen LogP contribution in [0.2, 0.25) is 0 Å². The molecule has 1 amide bonds. The number of aliphatic carboxylic acids is 1. The summed E-state index contributed by atoms with van der Waals surface area (Å²) in [6.45, 7) is 0.304. The highest BCUT2D eigenvalue weighted by molar-refractivity contribution is 8.26. The summed E-state index contributed by atoms with van der Waals surface area (Å²) in [5, 5.41) is 10.4. The summed E-state index contributed by atoms with van der Waals surface area (Å²) >= 11 is 6.39. The molecule has 1 heterocycles. The lowest BCUT2D eigenvalue weighted by atomic mass is 10.2. The molecule has 1 saturated heterocycles. The fourth-order valence-electron chi connectivity index (χ4n) is 1.90. The first-order chi connectivity index (χ1) is 10.6. The van der Waals surface area contributed by atoms with Crippen molar-refractivity contribution in [2.24, 2.45) is 0 Å². The molecule has 1 aliphatic heterocycles. The number of nitrogens with zero attached hydrogens (tertiary/aromatic N) is 1. The van der Waals surface area contributed by atoms with Crippen LogP contribution in [0.1, 0.15) is 18.4 Å². The lowest BCUT2D eigenvalue weighted by molar-refractivity contribution is -0.305. The molecule has 0 N–H and O–H groups in total. The van der Waals surface area contributed by atoms with Gasteiger partial charge in [0.15, 0.2) is 0 Å². The maximum absolute atomic E-state index is 12.2. The topological polar surface area (TPSA) is 60.4 Å². The quantitative estimate of drug-likeness (QED) is 0.589. The largest absolute Gasteiger partial charge is 0.550 e. The fourth-order valence-corrected chi connectivity index (χ4v) is 3.16. The Morgan fingerprint density at radius 3 is 2.73 bits per heavy atom. The Balaban J connectivity index is 1.97. The van der Waals surface area contributed by atoms with Gasteiger partial charge in [-0.3, -0.25) is 9.69 Å². The molecule has 114 valence electrons. The van der Waals surface area contributed by atoms with Gasteiger partial charge in [-0.05, 0) is 24.5 Å². The molecule has 0 spiro atoms. The number of amides is 1. The van der Waals surface area contributed by atoms with Crippen LogP contribution in [0.3, 0.4) is 0 Å². The molecule has 0 atom stereocenters. The number of thiocarbonyl (C=S) groups is 1. The maximum atomic E-state index is 12.2. The number of rotatable bonds is 6. The normalized spacial score (nSPS) is 16.9. The van der Waals surface area contributed by atoms with Crippen LogP contribution in [0.5, 0.6) is 0 Å². The maximum Gasteiger partial charge on any atom is 0.266 e. The van der Waals surface area contributed by atoms with E-state index < -0.39 is 5.97 Å². The predicted octanol–water partition coefficient (Wildman–Crippen LogP) is 1.97. The number of carboxylic acids is 1. The number of carboxylic acid groups (broad SMARTS) is 1. The molecule has 0 aliphatic carbocycles. The number of carbonyl (C=O) groups excluding carboxylic acids is 2. The van der Waals surface area contributed by atoms with E-state index in [1.807, 2.05) is 42.5 Å². The van der Waals surface area contributed by atoms with E-state index in [1.165, 1.54) is 16.7 Å².